The summed E-state index contributed by atoms with van der Waals surface area (Å²) in [6, 6.07) is 0. The Bertz CT molecular complexity index is 157. The molecule has 0 aliphatic heterocycles. The Morgan fingerprint density at radius 3 is 2.33 bits per heavy atom. The van der Waals surface area contributed by atoms with Gasteiger partial charge >= 0.3 is 0 Å². The summed E-state index contributed by atoms with van der Waals surface area (Å²) in [5.41, 5.74) is 4.77. The number of hydrogen-bond acceptors (Lipinski definition) is 2. The van der Waals surface area contributed by atoms with Crippen molar-refractivity contribution in [3.05, 3.63) is 0 Å². The summed E-state index contributed by atoms with van der Waals surface area (Å²) in [7, 11) is 0. The van der Waals surface area contributed by atoms with Crippen LogP contribution in [-0.4, -0.2) is 18.0 Å². The zero-order chi connectivity index (χ0) is 9.78. The maximum absolute atomic E-state index is 11.1. The predicted octanol–water partition coefficient (Wildman–Crippen LogP) is 0.886. The lowest BCUT2D eigenvalue weighted by molar-refractivity contribution is -0.124. The molecule has 0 aromatic rings. The molecule has 0 saturated heterocycles. The average Bonchev–Trinajstić information content (AvgIpc) is 1.85. The van der Waals surface area contributed by atoms with E-state index in [0.29, 0.717) is 5.92 Å². The van der Waals surface area contributed by atoms with E-state index in [-0.39, 0.29) is 5.91 Å². The summed E-state index contributed by atoms with van der Waals surface area (Å²) < 4.78 is 0. The van der Waals surface area contributed by atoms with Crippen molar-refractivity contribution in [2.45, 2.75) is 39.7 Å². The number of carbonyl (C=O) groups is 1. The van der Waals surface area contributed by atoms with Gasteiger partial charge in [0, 0.05) is 0 Å². The Morgan fingerprint density at radius 2 is 2.08 bits per heavy atom. The average molecular weight is 172 g/mol. The van der Waals surface area contributed by atoms with Crippen molar-refractivity contribution in [2.75, 3.05) is 6.54 Å². The van der Waals surface area contributed by atoms with E-state index in [1.165, 1.54) is 0 Å². The van der Waals surface area contributed by atoms with Crippen molar-refractivity contribution in [1.82, 2.24) is 5.32 Å². The molecule has 0 aliphatic carbocycles. The smallest absolute Gasteiger partial charge is 0.237 e. The van der Waals surface area contributed by atoms with E-state index < -0.39 is 5.54 Å². The molecule has 72 valence electrons. The monoisotopic (exact) mass is 172 g/mol. The van der Waals surface area contributed by atoms with Gasteiger partial charge in [-0.3, -0.25) is 4.79 Å². The van der Waals surface area contributed by atoms with Crippen LogP contribution in [0.3, 0.4) is 0 Å². The number of rotatable bonds is 5. The topological polar surface area (TPSA) is 55.1 Å². The van der Waals surface area contributed by atoms with Gasteiger partial charge in [-0.05, 0) is 25.8 Å². The third kappa shape index (κ3) is 3.22. The summed E-state index contributed by atoms with van der Waals surface area (Å²) in [4.78, 5) is 11.1. The first-order chi connectivity index (χ1) is 5.42. The first kappa shape index (κ1) is 11.4. The van der Waals surface area contributed by atoms with Crippen molar-refractivity contribution < 1.29 is 4.79 Å². The Hall–Kier alpha value is -0.570. The molecule has 0 saturated carbocycles. The summed E-state index contributed by atoms with van der Waals surface area (Å²) in [5, 5.41) is 3.12. The fourth-order valence-corrected chi connectivity index (χ4v) is 1.47. The molecule has 3 heteroatoms. The molecule has 0 heterocycles. The number of primary amides is 1. The Kier molecular flexibility index (Phi) is 4.24. The van der Waals surface area contributed by atoms with E-state index in [1.54, 1.807) is 0 Å². The highest BCUT2D eigenvalue weighted by molar-refractivity contribution is 5.84. The van der Waals surface area contributed by atoms with Crippen LogP contribution in [0.25, 0.3) is 0 Å². The predicted molar refractivity (Wildman–Crippen MR) is 50.7 cm³/mol. The van der Waals surface area contributed by atoms with E-state index in [1.807, 2.05) is 13.8 Å². The van der Waals surface area contributed by atoms with E-state index in [0.717, 1.165) is 13.0 Å². The lowest BCUT2D eigenvalue weighted by atomic mass is 9.90. The van der Waals surface area contributed by atoms with Gasteiger partial charge in [-0.25, -0.2) is 0 Å². The van der Waals surface area contributed by atoms with Gasteiger partial charge in [-0.2, -0.15) is 0 Å². The largest absolute Gasteiger partial charge is 0.368 e. The highest BCUT2D eigenvalue weighted by Gasteiger charge is 2.30. The molecule has 0 spiro atoms. The van der Waals surface area contributed by atoms with Gasteiger partial charge in [0.25, 0.3) is 0 Å². The first-order valence-corrected chi connectivity index (χ1v) is 4.47. The number of carbonyl (C=O) groups excluding carboxylic acids is 1. The Labute approximate surface area is 74.7 Å². The number of nitrogens with two attached hydrogens (primary N) is 1. The van der Waals surface area contributed by atoms with Crippen LogP contribution in [0.2, 0.25) is 0 Å². The van der Waals surface area contributed by atoms with E-state index >= 15 is 0 Å². The van der Waals surface area contributed by atoms with Gasteiger partial charge in [0.2, 0.25) is 5.91 Å². The van der Waals surface area contributed by atoms with Crippen molar-refractivity contribution in [3.8, 4) is 0 Å². The minimum absolute atomic E-state index is 0.266. The fraction of sp³-hybridized carbons (Fsp3) is 0.889. The second-order valence-corrected chi connectivity index (χ2v) is 3.82. The van der Waals surface area contributed by atoms with Crippen LogP contribution in [0.1, 0.15) is 34.1 Å². The second kappa shape index (κ2) is 4.45. The highest BCUT2D eigenvalue weighted by atomic mass is 16.1. The molecule has 0 rings (SSSR count). The molecule has 3 nitrogen and oxygen atoms in total. The normalized spacial score (nSPS) is 16.1. The van der Waals surface area contributed by atoms with Gasteiger partial charge in [0.05, 0.1) is 5.54 Å². The number of hydrogen-bond donors (Lipinski definition) is 2. The molecule has 3 N–H and O–H groups in total. The number of nitrogens with one attached hydrogen (secondary N) is 1. The Balaban J connectivity index is 4.28. The third-order valence-corrected chi connectivity index (χ3v) is 1.93. The first-order valence-electron chi connectivity index (χ1n) is 4.47. The van der Waals surface area contributed by atoms with Gasteiger partial charge in [-0.1, -0.05) is 20.8 Å². The SMILES string of the molecule is CCNC(C)(CC(C)C)C(N)=O. The minimum Gasteiger partial charge on any atom is -0.368 e. The van der Waals surface area contributed by atoms with Crippen LogP contribution in [-0.2, 0) is 4.79 Å². The number of likely N-dealkylation sites (N-methyl/N-ethyl adjacent to an activating group) is 1. The molecule has 0 radical (unpaired) electrons. The molecule has 0 bridgehead atoms. The van der Waals surface area contributed by atoms with E-state index in [4.69, 9.17) is 5.73 Å². The van der Waals surface area contributed by atoms with Crippen molar-refractivity contribution >= 4 is 5.91 Å². The van der Waals surface area contributed by atoms with Crippen molar-refractivity contribution in [2.24, 2.45) is 11.7 Å². The third-order valence-electron chi connectivity index (χ3n) is 1.93. The van der Waals surface area contributed by atoms with Gasteiger partial charge in [0.15, 0.2) is 0 Å². The molecule has 1 unspecified atom stereocenters. The fourth-order valence-electron chi connectivity index (χ4n) is 1.47. The van der Waals surface area contributed by atoms with Gasteiger partial charge in [0.1, 0.15) is 0 Å². The van der Waals surface area contributed by atoms with Crippen LogP contribution in [0, 0.1) is 5.92 Å². The lowest BCUT2D eigenvalue weighted by Crippen LogP contribution is -2.53. The van der Waals surface area contributed by atoms with Crippen LogP contribution in [0.15, 0.2) is 0 Å². The molecule has 0 fully saturated rings. The quantitative estimate of drug-likeness (QED) is 0.647. The van der Waals surface area contributed by atoms with Gasteiger partial charge in [-0.15, -0.1) is 0 Å². The van der Waals surface area contributed by atoms with Crippen molar-refractivity contribution in [3.63, 3.8) is 0 Å². The maximum Gasteiger partial charge on any atom is 0.237 e. The molecule has 12 heavy (non-hydrogen) atoms. The molecular weight excluding hydrogens is 152 g/mol. The van der Waals surface area contributed by atoms with Crippen LogP contribution >= 0.6 is 0 Å². The van der Waals surface area contributed by atoms with Crippen LogP contribution in [0.5, 0.6) is 0 Å². The molecule has 0 aromatic heterocycles. The molecule has 1 atom stereocenters. The van der Waals surface area contributed by atoms with E-state index in [2.05, 4.69) is 19.2 Å². The summed E-state index contributed by atoms with van der Waals surface area (Å²) >= 11 is 0. The number of amides is 1. The molecule has 0 aliphatic rings. The van der Waals surface area contributed by atoms with Crippen molar-refractivity contribution in [1.29, 1.82) is 0 Å². The standard InChI is InChI=1S/C9H20N2O/c1-5-11-9(4,8(10)12)6-7(2)3/h7,11H,5-6H2,1-4H3,(H2,10,12). The van der Waals surface area contributed by atoms with Gasteiger partial charge < -0.3 is 11.1 Å². The molecular formula is C9H20N2O. The summed E-state index contributed by atoms with van der Waals surface area (Å²) in [6.45, 7) is 8.77. The highest BCUT2D eigenvalue weighted by Crippen LogP contribution is 2.15. The maximum atomic E-state index is 11.1. The molecule has 1 amide bonds. The second-order valence-electron chi connectivity index (χ2n) is 3.82. The summed E-state index contributed by atoms with van der Waals surface area (Å²) in [5.74, 6) is 0.208. The van der Waals surface area contributed by atoms with Crippen LogP contribution in [0.4, 0.5) is 0 Å². The Morgan fingerprint density at radius 1 is 1.58 bits per heavy atom. The minimum atomic E-state index is -0.539. The lowest BCUT2D eigenvalue weighted by Gasteiger charge is -2.28. The molecule has 0 aromatic carbocycles. The van der Waals surface area contributed by atoms with Crippen LogP contribution < -0.4 is 11.1 Å². The van der Waals surface area contributed by atoms with E-state index in [9.17, 15) is 4.79 Å². The zero-order valence-electron chi connectivity index (χ0n) is 8.48. The summed E-state index contributed by atoms with van der Waals surface area (Å²) in [6.07, 6.45) is 0.788. The zero-order valence-corrected chi connectivity index (χ0v) is 8.48.